The summed E-state index contributed by atoms with van der Waals surface area (Å²) in [5, 5.41) is 3.83. The van der Waals surface area contributed by atoms with Gasteiger partial charge in [-0.2, -0.15) is 0 Å². The number of thioether (sulfide) groups is 1. The number of nitrogens with zero attached hydrogens (tertiary/aromatic N) is 3. The van der Waals surface area contributed by atoms with Crippen LogP contribution in [-0.4, -0.2) is 35.5 Å². The van der Waals surface area contributed by atoms with Crippen LogP contribution in [0.25, 0.3) is 0 Å². The molecule has 1 aliphatic carbocycles. The molecule has 1 aromatic carbocycles. The Morgan fingerprint density at radius 3 is 2.64 bits per heavy atom. The van der Waals surface area contributed by atoms with E-state index in [9.17, 15) is 4.79 Å². The van der Waals surface area contributed by atoms with Gasteiger partial charge >= 0.3 is 0 Å². The Bertz CT molecular complexity index is 803. The Labute approximate surface area is 172 Å². The quantitative estimate of drug-likeness (QED) is 0.477. The fourth-order valence-electron chi connectivity index (χ4n) is 3.03. The van der Waals surface area contributed by atoms with Gasteiger partial charge in [-0.25, -0.2) is 9.97 Å². The van der Waals surface area contributed by atoms with E-state index in [0.717, 1.165) is 59.6 Å². The van der Waals surface area contributed by atoms with Crippen LogP contribution in [0.5, 0.6) is 0 Å². The largest absolute Gasteiger partial charge is 0.357 e. The predicted octanol–water partition coefficient (Wildman–Crippen LogP) is 4.32. The molecule has 1 aromatic heterocycles. The Hall–Kier alpha value is -2.08. The van der Waals surface area contributed by atoms with Crippen LogP contribution >= 0.6 is 11.8 Å². The number of carbonyl (C=O) groups is 1. The van der Waals surface area contributed by atoms with Crippen LogP contribution in [-0.2, 0) is 12.2 Å². The Morgan fingerprint density at radius 2 is 1.96 bits per heavy atom. The van der Waals surface area contributed by atoms with E-state index in [1.54, 1.807) is 11.8 Å². The molecule has 1 heterocycles. The highest BCUT2D eigenvalue weighted by Crippen LogP contribution is 2.28. The van der Waals surface area contributed by atoms with Gasteiger partial charge in [0.2, 0.25) is 0 Å². The molecule has 1 saturated carbocycles. The van der Waals surface area contributed by atoms with Crippen molar-refractivity contribution in [1.82, 2.24) is 15.3 Å². The zero-order chi connectivity index (χ0) is 19.9. The van der Waals surface area contributed by atoms with Gasteiger partial charge in [-0.15, -0.1) is 0 Å². The molecule has 0 bridgehead atoms. The van der Waals surface area contributed by atoms with Gasteiger partial charge in [0.05, 0.1) is 0 Å². The second kappa shape index (κ2) is 9.92. The molecule has 1 N–H and O–H groups in total. The summed E-state index contributed by atoms with van der Waals surface area (Å²) in [5.41, 5.74) is 2.90. The summed E-state index contributed by atoms with van der Waals surface area (Å²) in [6.45, 7) is 9.06. The molecule has 0 spiro atoms. The summed E-state index contributed by atoms with van der Waals surface area (Å²) in [4.78, 5) is 24.0. The molecular weight excluding hydrogens is 368 g/mol. The van der Waals surface area contributed by atoms with Gasteiger partial charge in [0.1, 0.15) is 5.82 Å². The monoisotopic (exact) mass is 398 g/mol. The molecule has 1 aliphatic rings. The minimum Gasteiger partial charge on any atom is -0.357 e. The number of anilines is 1. The summed E-state index contributed by atoms with van der Waals surface area (Å²) in [5.74, 6) is 2.44. The van der Waals surface area contributed by atoms with Crippen LogP contribution in [0.4, 0.5) is 5.82 Å². The fraction of sp³-hybridized carbons (Fsp3) is 0.500. The van der Waals surface area contributed by atoms with E-state index >= 15 is 0 Å². The van der Waals surface area contributed by atoms with Crippen LogP contribution in [0.1, 0.15) is 55.2 Å². The number of hydrogen-bond acceptors (Lipinski definition) is 5. The van der Waals surface area contributed by atoms with Crippen molar-refractivity contribution in [3.63, 3.8) is 0 Å². The lowest BCUT2D eigenvalue weighted by Gasteiger charge is -2.20. The van der Waals surface area contributed by atoms with Gasteiger partial charge in [-0.05, 0) is 56.7 Å². The second-order valence-corrected chi connectivity index (χ2v) is 8.11. The van der Waals surface area contributed by atoms with Crippen molar-refractivity contribution >= 4 is 23.5 Å². The van der Waals surface area contributed by atoms with Crippen molar-refractivity contribution in [1.29, 1.82) is 0 Å². The van der Waals surface area contributed by atoms with E-state index in [-0.39, 0.29) is 5.91 Å². The SMILES string of the molecule is CCc1cc(N(CC)CC)nc(SCc2cccc(C(=O)NCC3CC3)c2)n1. The van der Waals surface area contributed by atoms with Gasteiger partial charge in [-0.1, -0.05) is 30.8 Å². The van der Waals surface area contributed by atoms with Gasteiger partial charge in [-0.3, -0.25) is 4.79 Å². The summed E-state index contributed by atoms with van der Waals surface area (Å²) in [6, 6.07) is 9.95. The van der Waals surface area contributed by atoms with E-state index in [2.05, 4.69) is 48.1 Å². The van der Waals surface area contributed by atoms with Crippen LogP contribution in [0.15, 0.2) is 35.5 Å². The molecule has 3 rings (SSSR count). The normalized spacial score (nSPS) is 13.4. The average molecular weight is 399 g/mol. The first-order chi connectivity index (χ1) is 13.6. The molecule has 0 atom stereocenters. The number of aryl methyl sites for hydroxylation is 1. The number of carbonyl (C=O) groups excluding carboxylic acids is 1. The lowest BCUT2D eigenvalue weighted by atomic mass is 10.1. The molecule has 2 aromatic rings. The number of rotatable bonds is 10. The van der Waals surface area contributed by atoms with Gasteiger partial charge < -0.3 is 10.2 Å². The molecule has 28 heavy (non-hydrogen) atoms. The fourth-order valence-corrected chi connectivity index (χ4v) is 3.84. The van der Waals surface area contributed by atoms with Crippen molar-refractivity contribution in [3.05, 3.63) is 47.2 Å². The lowest BCUT2D eigenvalue weighted by Crippen LogP contribution is -2.25. The highest BCUT2D eigenvalue weighted by molar-refractivity contribution is 7.98. The highest BCUT2D eigenvalue weighted by Gasteiger charge is 2.21. The molecule has 6 heteroatoms. The van der Waals surface area contributed by atoms with Crippen molar-refractivity contribution < 1.29 is 4.79 Å². The van der Waals surface area contributed by atoms with Crippen molar-refractivity contribution in [2.75, 3.05) is 24.5 Å². The Morgan fingerprint density at radius 1 is 1.18 bits per heavy atom. The zero-order valence-electron chi connectivity index (χ0n) is 17.1. The first-order valence-electron chi connectivity index (χ1n) is 10.3. The third kappa shape index (κ3) is 5.71. The summed E-state index contributed by atoms with van der Waals surface area (Å²) >= 11 is 1.62. The number of hydrogen-bond donors (Lipinski definition) is 1. The smallest absolute Gasteiger partial charge is 0.251 e. The maximum atomic E-state index is 12.3. The molecule has 150 valence electrons. The first-order valence-corrected chi connectivity index (χ1v) is 11.2. The third-order valence-electron chi connectivity index (χ3n) is 5.00. The maximum Gasteiger partial charge on any atom is 0.251 e. The summed E-state index contributed by atoms with van der Waals surface area (Å²) in [6.07, 6.45) is 3.37. The lowest BCUT2D eigenvalue weighted by molar-refractivity contribution is 0.0951. The standard InChI is InChI=1S/C22H30N4OS/c1-4-19-13-20(26(5-2)6-3)25-22(24-19)28-15-17-8-7-9-18(12-17)21(27)23-14-16-10-11-16/h7-9,12-13,16H,4-6,10-11,14-15H2,1-3H3,(H,23,27). The third-order valence-corrected chi connectivity index (χ3v) is 5.92. The molecule has 1 amide bonds. The summed E-state index contributed by atoms with van der Waals surface area (Å²) < 4.78 is 0. The average Bonchev–Trinajstić information content (AvgIpc) is 3.56. The number of benzene rings is 1. The van der Waals surface area contributed by atoms with Crippen molar-refractivity contribution in [2.45, 2.75) is 50.9 Å². The predicted molar refractivity (Wildman–Crippen MR) is 116 cm³/mol. The van der Waals surface area contributed by atoms with E-state index in [1.807, 2.05) is 18.2 Å². The topological polar surface area (TPSA) is 58.1 Å². The number of amides is 1. The molecular formula is C22H30N4OS. The Balaban J connectivity index is 1.66. The molecule has 0 aliphatic heterocycles. The zero-order valence-corrected chi connectivity index (χ0v) is 17.9. The molecule has 0 radical (unpaired) electrons. The Kier molecular flexibility index (Phi) is 7.31. The molecule has 0 unspecified atom stereocenters. The second-order valence-electron chi connectivity index (χ2n) is 7.17. The van der Waals surface area contributed by atoms with Crippen LogP contribution in [0.2, 0.25) is 0 Å². The minimum absolute atomic E-state index is 0.0202. The van der Waals surface area contributed by atoms with Gasteiger partial charge in [0.25, 0.3) is 5.91 Å². The molecule has 5 nitrogen and oxygen atoms in total. The van der Waals surface area contributed by atoms with Gasteiger partial charge in [0.15, 0.2) is 5.16 Å². The van der Waals surface area contributed by atoms with Crippen LogP contribution in [0, 0.1) is 5.92 Å². The minimum atomic E-state index is 0.0202. The number of nitrogens with one attached hydrogen (secondary N) is 1. The molecule has 1 fully saturated rings. The van der Waals surface area contributed by atoms with E-state index < -0.39 is 0 Å². The van der Waals surface area contributed by atoms with Crippen molar-refractivity contribution in [2.24, 2.45) is 5.92 Å². The van der Waals surface area contributed by atoms with Crippen LogP contribution in [0.3, 0.4) is 0 Å². The first kappa shape index (κ1) is 20.6. The number of aromatic nitrogens is 2. The summed E-state index contributed by atoms with van der Waals surface area (Å²) in [7, 11) is 0. The maximum absolute atomic E-state index is 12.3. The molecule has 0 saturated heterocycles. The van der Waals surface area contributed by atoms with E-state index in [4.69, 9.17) is 4.98 Å². The van der Waals surface area contributed by atoms with E-state index in [0.29, 0.717) is 5.92 Å². The van der Waals surface area contributed by atoms with Crippen molar-refractivity contribution in [3.8, 4) is 0 Å². The van der Waals surface area contributed by atoms with Crippen LogP contribution < -0.4 is 10.2 Å². The highest BCUT2D eigenvalue weighted by atomic mass is 32.2. The van der Waals surface area contributed by atoms with Gasteiger partial charge in [0, 0.05) is 42.7 Å². The van der Waals surface area contributed by atoms with E-state index in [1.165, 1.54) is 12.8 Å².